The van der Waals surface area contributed by atoms with Crippen molar-refractivity contribution in [2.45, 2.75) is 51.2 Å². The van der Waals surface area contributed by atoms with Crippen LogP contribution in [0.15, 0.2) is 41.6 Å². The standard InChI is InChI=1S/C21H23FN6O3S.H2/c1-12(2)27-11-23-26-20(27)17-6-5-7-19(24-17)25-21(29)15-9-18-14(8-16(15)22)10-28(13(3)4)32(18,30)31;/h5-9,11-13H,10H2,1-4H3,(H,24,25,29);1H. The number of benzene rings is 1. The molecule has 170 valence electrons. The molecule has 0 saturated carbocycles. The molecule has 0 aliphatic carbocycles. The molecule has 0 fully saturated rings. The summed E-state index contributed by atoms with van der Waals surface area (Å²) < 4.78 is 43.4. The summed E-state index contributed by atoms with van der Waals surface area (Å²) in [7, 11) is -3.79. The Balaban J connectivity index is 0.00000306. The van der Waals surface area contributed by atoms with Crippen molar-refractivity contribution in [3.8, 4) is 11.5 Å². The van der Waals surface area contributed by atoms with Gasteiger partial charge in [0.05, 0.1) is 10.5 Å². The second kappa shape index (κ2) is 8.06. The van der Waals surface area contributed by atoms with E-state index in [2.05, 4.69) is 20.5 Å². The first-order valence-electron chi connectivity index (χ1n) is 10.1. The number of hydrogen-bond acceptors (Lipinski definition) is 6. The molecule has 0 spiro atoms. The minimum absolute atomic E-state index is 0. The molecule has 1 aromatic carbocycles. The van der Waals surface area contributed by atoms with E-state index < -0.39 is 21.7 Å². The average Bonchev–Trinajstić information content (AvgIpc) is 3.30. The third kappa shape index (κ3) is 3.78. The molecule has 0 bridgehead atoms. The van der Waals surface area contributed by atoms with Crippen LogP contribution in [0.2, 0.25) is 0 Å². The van der Waals surface area contributed by atoms with Crippen LogP contribution in [-0.2, 0) is 16.6 Å². The van der Waals surface area contributed by atoms with Gasteiger partial charge in [-0.3, -0.25) is 4.79 Å². The molecular weight excluding hydrogens is 435 g/mol. The van der Waals surface area contributed by atoms with E-state index in [0.29, 0.717) is 17.1 Å². The number of amides is 1. The summed E-state index contributed by atoms with van der Waals surface area (Å²) in [6.07, 6.45) is 1.59. The van der Waals surface area contributed by atoms with E-state index in [0.717, 1.165) is 12.1 Å². The monoisotopic (exact) mass is 460 g/mol. The molecule has 1 aliphatic rings. The third-order valence-electron chi connectivity index (χ3n) is 5.23. The van der Waals surface area contributed by atoms with Gasteiger partial charge in [0.25, 0.3) is 5.91 Å². The Morgan fingerprint density at radius 1 is 1.19 bits per heavy atom. The highest BCUT2D eigenvalue weighted by Gasteiger charge is 2.37. The molecule has 1 aliphatic heterocycles. The van der Waals surface area contributed by atoms with Crippen molar-refractivity contribution < 1.29 is 19.0 Å². The number of rotatable bonds is 5. The third-order valence-corrected chi connectivity index (χ3v) is 7.34. The Morgan fingerprint density at radius 3 is 2.62 bits per heavy atom. The van der Waals surface area contributed by atoms with E-state index in [-0.39, 0.29) is 36.3 Å². The number of pyridine rings is 1. The Kier molecular flexibility index (Phi) is 5.55. The maximum atomic E-state index is 14.7. The Morgan fingerprint density at radius 2 is 1.94 bits per heavy atom. The normalized spacial score (nSPS) is 15.3. The van der Waals surface area contributed by atoms with E-state index in [1.54, 1.807) is 38.4 Å². The van der Waals surface area contributed by atoms with Crippen molar-refractivity contribution in [3.05, 3.63) is 53.6 Å². The van der Waals surface area contributed by atoms with Gasteiger partial charge in [-0.15, -0.1) is 10.2 Å². The maximum Gasteiger partial charge on any atom is 0.259 e. The number of carbonyl (C=O) groups is 1. The van der Waals surface area contributed by atoms with Crippen molar-refractivity contribution >= 4 is 21.7 Å². The topological polar surface area (TPSA) is 110 Å². The molecule has 3 heterocycles. The quantitative estimate of drug-likeness (QED) is 0.624. The van der Waals surface area contributed by atoms with Crippen molar-refractivity contribution in [1.82, 2.24) is 24.1 Å². The number of halogens is 1. The van der Waals surface area contributed by atoms with Gasteiger partial charge >= 0.3 is 0 Å². The highest BCUT2D eigenvalue weighted by Crippen LogP contribution is 2.34. The summed E-state index contributed by atoms with van der Waals surface area (Å²) >= 11 is 0. The molecule has 3 aromatic rings. The summed E-state index contributed by atoms with van der Waals surface area (Å²) in [5.41, 5.74) is 0.454. The molecule has 32 heavy (non-hydrogen) atoms. The Bertz CT molecular complexity index is 1310. The number of carbonyl (C=O) groups excluding carboxylic acids is 1. The van der Waals surface area contributed by atoms with E-state index in [9.17, 15) is 17.6 Å². The van der Waals surface area contributed by atoms with Crippen LogP contribution in [0.4, 0.5) is 10.2 Å². The minimum atomic E-state index is -3.79. The lowest BCUT2D eigenvalue weighted by Gasteiger charge is -2.18. The summed E-state index contributed by atoms with van der Waals surface area (Å²) in [5, 5.41) is 10.5. The zero-order valence-corrected chi connectivity index (χ0v) is 18.9. The van der Waals surface area contributed by atoms with Crippen LogP contribution in [0.1, 0.15) is 51.1 Å². The average molecular weight is 461 g/mol. The van der Waals surface area contributed by atoms with Gasteiger partial charge < -0.3 is 9.88 Å². The lowest BCUT2D eigenvalue weighted by Crippen LogP contribution is -2.31. The van der Waals surface area contributed by atoms with Crippen LogP contribution < -0.4 is 5.32 Å². The predicted octanol–water partition coefficient (Wildman–Crippen LogP) is 3.47. The molecule has 1 N–H and O–H groups in total. The summed E-state index contributed by atoms with van der Waals surface area (Å²) in [6, 6.07) is 6.99. The van der Waals surface area contributed by atoms with Gasteiger partial charge in [-0.05, 0) is 57.5 Å². The lowest BCUT2D eigenvalue weighted by molar-refractivity contribution is 0.102. The van der Waals surface area contributed by atoms with Crippen LogP contribution in [0, 0.1) is 5.82 Å². The van der Waals surface area contributed by atoms with Gasteiger partial charge in [-0.2, -0.15) is 4.31 Å². The van der Waals surface area contributed by atoms with Crippen molar-refractivity contribution in [1.29, 1.82) is 0 Å². The highest BCUT2D eigenvalue weighted by atomic mass is 32.2. The highest BCUT2D eigenvalue weighted by molar-refractivity contribution is 7.89. The van der Waals surface area contributed by atoms with Crippen molar-refractivity contribution in [2.75, 3.05) is 5.32 Å². The number of anilines is 1. The number of fused-ring (bicyclic) bond motifs is 1. The number of hydrogen-bond donors (Lipinski definition) is 1. The Labute approximate surface area is 186 Å². The molecule has 9 nitrogen and oxygen atoms in total. The Hall–Kier alpha value is -3.18. The predicted molar refractivity (Wildman–Crippen MR) is 118 cm³/mol. The fraction of sp³-hybridized carbons (Fsp3) is 0.333. The largest absolute Gasteiger partial charge is 0.310 e. The summed E-state index contributed by atoms with van der Waals surface area (Å²) in [5.74, 6) is -0.881. The summed E-state index contributed by atoms with van der Waals surface area (Å²) in [4.78, 5) is 17.1. The van der Waals surface area contributed by atoms with Gasteiger partial charge in [0, 0.05) is 20.1 Å². The van der Waals surface area contributed by atoms with Crippen LogP contribution >= 0.6 is 0 Å². The maximum absolute atomic E-state index is 14.7. The molecule has 11 heteroatoms. The zero-order chi connectivity index (χ0) is 23.2. The zero-order valence-electron chi connectivity index (χ0n) is 18.1. The molecule has 0 saturated heterocycles. The van der Waals surface area contributed by atoms with Gasteiger partial charge in [-0.1, -0.05) is 6.07 Å². The second-order valence-corrected chi connectivity index (χ2v) is 9.96. The van der Waals surface area contributed by atoms with Gasteiger partial charge in [0.2, 0.25) is 10.0 Å². The van der Waals surface area contributed by atoms with Crippen LogP contribution in [0.5, 0.6) is 0 Å². The first-order chi connectivity index (χ1) is 15.1. The van der Waals surface area contributed by atoms with Crippen LogP contribution in [0.3, 0.4) is 0 Å². The van der Waals surface area contributed by atoms with Gasteiger partial charge in [-0.25, -0.2) is 17.8 Å². The first-order valence-corrected chi connectivity index (χ1v) is 11.6. The molecule has 1 amide bonds. The second-order valence-electron chi connectivity index (χ2n) is 8.10. The minimum Gasteiger partial charge on any atom is -0.310 e. The van der Waals surface area contributed by atoms with Gasteiger partial charge in [0.1, 0.15) is 23.7 Å². The number of aromatic nitrogens is 4. The molecule has 2 aromatic heterocycles. The van der Waals surface area contributed by atoms with Gasteiger partial charge in [0.15, 0.2) is 5.82 Å². The molecule has 4 rings (SSSR count). The number of nitrogens with one attached hydrogen (secondary N) is 1. The molecule has 0 unspecified atom stereocenters. The molecular formula is C21H25FN6O3S. The SMILES string of the molecule is CC(C)N1Cc2cc(F)c(C(=O)Nc3cccc(-c4nncn4C(C)C)n3)cc2S1(=O)=O.[HH]. The van der Waals surface area contributed by atoms with Crippen molar-refractivity contribution in [2.24, 2.45) is 0 Å². The lowest BCUT2D eigenvalue weighted by atomic mass is 10.1. The van der Waals surface area contributed by atoms with E-state index in [1.807, 2.05) is 18.4 Å². The van der Waals surface area contributed by atoms with E-state index in [1.165, 1.54) is 4.31 Å². The summed E-state index contributed by atoms with van der Waals surface area (Å²) in [6.45, 7) is 7.51. The molecule has 0 radical (unpaired) electrons. The smallest absolute Gasteiger partial charge is 0.259 e. The van der Waals surface area contributed by atoms with Crippen molar-refractivity contribution in [3.63, 3.8) is 0 Å². The van der Waals surface area contributed by atoms with E-state index in [4.69, 9.17) is 0 Å². The van der Waals surface area contributed by atoms with Crippen LogP contribution in [0.25, 0.3) is 11.5 Å². The number of nitrogens with zero attached hydrogens (tertiary/aromatic N) is 5. The fourth-order valence-corrected chi connectivity index (χ4v) is 5.43. The number of sulfonamides is 1. The first kappa shape index (κ1) is 22.0. The fourth-order valence-electron chi connectivity index (χ4n) is 3.59. The molecule has 0 atom stereocenters. The van der Waals surface area contributed by atoms with Crippen LogP contribution in [-0.4, -0.2) is 44.4 Å². The van der Waals surface area contributed by atoms with E-state index >= 15 is 0 Å².